The van der Waals surface area contributed by atoms with Crippen molar-refractivity contribution in [1.82, 2.24) is 4.31 Å². The highest BCUT2D eigenvalue weighted by Crippen LogP contribution is 2.39. The number of carbonyl (C=O) groups is 1. The van der Waals surface area contributed by atoms with Gasteiger partial charge in [0.1, 0.15) is 6.04 Å². The van der Waals surface area contributed by atoms with Crippen molar-refractivity contribution in [3.8, 4) is 0 Å². The van der Waals surface area contributed by atoms with Crippen LogP contribution in [-0.2, 0) is 14.8 Å². The van der Waals surface area contributed by atoms with Gasteiger partial charge in [0.05, 0.1) is 4.90 Å². The minimum Gasteiger partial charge on any atom is -0.297 e. The molecule has 0 N–H and O–H groups in total. The summed E-state index contributed by atoms with van der Waals surface area (Å²) < 4.78 is 28.3. The summed E-state index contributed by atoms with van der Waals surface area (Å²) >= 11 is 0. The van der Waals surface area contributed by atoms with Gasteiger partial charge in [0, 0.05) is 12.5 Å². The first-order valence-electron chi connectivity index (χ1n) is 9.13. The fraction of sp³-hybridized carbons (Fsp3) is 0.381. The van der Waals surface area contributed by atoms with Crippen molar-refractivity contribution in [2.75, 3.05) is 0 Å². The van der Waals surface area contributed by atoms with E-state index in [-0.39, 0.29) is 23.1 Å². The molecular formula is C21H25NO3S. The summed E-state index contributed by atoms with van der Waals surface area (Å²) in [6, 6.07) is 15.1. The summed E-state index contributed by atoms with van der Waals surface area (Å²) in [6.45, 7) is 4.00. The highest BCUT2D eigenvalue weighted by molar-refractivity contribution is 7.89. The van der Waals surface area contributed by atoms with Crippen LogP contribution in [0.25, 0.3) is 0 Å². The maximum atomic E-state index is 13.4. The molecule has 0 amide bonds. The van der Waals surface area contributed by atoms with Crippen molar-refractivity contribution in [3.63, 3.8) is 0 Å². The Labute approximate surface area is 155 Å². The minimum absolute atomic E-state index is 0.0204. The summed E-state index contributed by atoms with van der Waals surface area (Å²) in [6.07, 6.45) is 2.86. The maximum Gasteiger partial charge on any atom is 0.244 e. The van der Waals surface area contributed by atoms with Crippen molar-refractivity contribution in [1.29, 1.82) is 0 Å². The first kappa shape index (κ1) is 18.8. The Balaban J connectivity index is 2.06. The van der Waals surface area contributed by atoms with Crippen LogP contribution in [0.5, 0.6) is 0 Å². The monoisotopic (exact) mass is 371 g/mol. The molecule has 2 atom stereocenters. The van der Waals surface area contributed by atoms with E-state index in [2.05, 4.69) is 6.92 Å². The largest absolute Gasteiger partial charge is 0.297 e. The molecule has 0 bridgehead atoms. The second-order valence-electron chi connectivity index (χ2n) is 6.93. The van der Waals surface area contributed by atoms with Crippen LogP contribution in [0, 0.1) is 6.92 Å². The van der Waals surface area contributed by atoms with Gasteiger partial charge < -0.3 is 0 Å². The average Bonchev–Trinajstić information content (AvgIpc) is 2.98. The highest BCUT2D eigenvalue weighted by atomic mass is 32.2. The summed E-state index contributed by atoms with van der Waals surface area (Å²) in [5.74, 6) is -0.0204. The number of sulfonamides is 1. The van der Waals surface area contributed by atoms with E-state index in [0.29, 0.717) is 6.42 Å². The lowest BCUT2D eigenvalue weighted by Gasteiger charge is -2.28. The molecule has 0 aromatic heterocycles. The molecule has 1 saturated heterocycles. The summed E-state index contributed by atoms with van der Waals surface area (Å²) in [7, 11) is -3.75. The van der Waals surface area contributed by atoms with E-state index in [1.54, 1.807) is 24.3 Å². The molecule has 0 unspecified atom stereocenters. The maximum absolute atomic E-state index is 13.4. The summed E-state index contributed by atoms with van der Waals surface area (Å²) in [5, 5.41) is 0. The number of rotatable bonds is 6. The first-order chi connectivity index (χ1) is 12.4. The number of hydrogen-bond acceptors (Lipinski definition) is 3. The van der Waals surface area contributed by atoms with E-state index in [1.165, 1.54) is 4.31 Å². The van der Waals surface area contributed by atoms with Gasteiger partial charge >= 0.3 is 0 Å². The van der Waals surface area contributed by atoms with Crippen molar-refractivity contribution in [2.45, 2.75) is 56.5 Å². The van der Waals surface area contributed by atoms with Gasteiger partial charge in [-0.05, 0) is 31.0 Å². The van der Waals surface area contributed by atoms with E-state index < -0.39 is 16.1 Å². The molecule has 1 aliphatic rings. The Morgan fingerprint density at radius 1 is 1.04 bits per heavy atom. The van der Waals surface area contributed by atoms with E-state index in [9.17, 15) is 13.2 Å². The Morgan fingerprint density at radius 3 is 2.31 bits per heavy atom. The topological polar surface area (TPSA) is 54.5 Å². The molecule has 0 spiro atoms. The smallest absolute Gasteiger partial charge is 0.244 e. The molecule has 1 fully saturated rings. The molecule has 5 heteroatoms. The fourth-order valence-electron chi connectivity index (χ4n) is 3.59. The van der Waals surface area contributed by atoms with Crippen LogP contribution < -0.4 is 0 Å². The van der Waals surface area contributed by atoms with Crippen LogP contribution >= 0.6 is 0 Å². The lowest BCUT2D eigenvalue weighted by molar-refractivity contribution is -0.119. The van der Waals surface area contributed by atoms with Crippen molar-refractivity contribution < 1.29 is 13.2 Å². The van der Waals surface area contributed by atoms with Gasteiger partial charge in [-0.3, -0.25) is 4.79 Å². The zero-order chi connectivity index (χ0) is 18.7. The molecule has 4 nitrogen and oxygen atoms in total. The molecule has 138 valence electrons. The van der Waals surface area contributed by atoms with Crippen LogP contribution in [0.2, 0.25) is 0 Å². The molecule has 1 aliphatic heterocycles. The molecule has 2 aromatic carbocycles. The lowest BCUT2D eigenvalue weighted by atomic mass is 10.0. The molecule has 0 aliphatic carbocycles. The normalized spacial score (nSPS) is 21.2. The quantitative estimate of drug-likeness (QED) is 0.762. The third kappa shape index (κ3) is 3.60. The Bertz CT molecular complexity index is 860. The zero-order valence-electron chi connectivity index (χ0n) is 15.3. The predicted octanol–water partition coefficient (Wildman–Crippen LogP) is 4.26. The molecule has 2 aromatic rings. The van der Waals surface area contributed by atoms with E-state index >= 15 is 0 Å². The van der Waals surface area contributed by atoms with Crippen molar-refractivity contribution in [2.24, 2.45) is 0 Å². The third-order valence-electron chi connectivity index (χ3n) is 4.96. The molecular weight excluding hydrogens is 346 g/mol. The number of ketones is 1. The number of benzene rings is 2. The van der Waals surface area contributed by atoms with Crippen LogP contribution in [0.4, 0.5) is 0 Å². The molecule has 0 radical (unpaired) electrons. The van der Waals surface area contributed by atoms with Gasteiger partial charge in [-0.25, -0.2) is 8.42 Å². The molecule has 26 heavy (non-hydrogen) atoms. The first-order valence-corrected chi connectivity index (χ1v) is 10.6. The van der Waals surface area contributed by atoms with Crippen LogP contribution in [0.1, 0.15) is 49.8 Å². The van der Waals surface area contributed by atoms with E-state index in [0.717, 1.165) is 24.0 Å². The molecule has 0 saturated carbocycles. The Hall–Kier alpha value is -1.98. The van der Waals surface area contributed by atoms with Gasteiger partial charge in [0.15, 0.2) is 5.78 Å². The Kier molecular flexibility index (Phi) is 5.58. The number of carbonyl (C=O) groups excluding carboxylic acids is 1. The fourth-order valence-corrected chi connectivity index (χ4v) is 5.40. The van der Waals surface area contributed by atoms with Gasteiger partial charge in [0.25, 0.3) is 0 Å². The van der Waals surface area contributed by atoms with Crippen LogP contribution in [0.3, 0.4) is 0 Å². The number of aryl methyl sites for hydroxylation is 1. The molecule has 3 rings (SSSR count). The van der Waals surface area contributed by atoms with Gasteiger partial charge in [-0.2, -0.15) is 4.31 Å². The minimum atomic E-state index is -3.75. The van der Waals surface area contributed by atoms with Gasteiger partial charge in [0.2, 0.25) is 10.0 Å². The SMILES string of the molecule is CCCC[C@H]1CC(=O)[C@@H](c2ccccc2)N1S(=O)(=O)c1ccc(C)cc1. The van der Waals surface area contributed by atoms with Gasteiger partial charge in [-0.1, -0.05) is 67.8 Å². The average molecular weight is 372 g/mol. The number of nitrogens with zero attached hydrogens (tertiary/aromatic N) is 1. The number of hydrogen-bond donors (Lipinski definition) is 0. The van der Waals surface area contributed by atoms with E-state index in [1.807, 2.05) is 37.3 Å². The number of Topliss-reactive ketones (excluding diaryl/α,β-unsaturated/α-hetero) is 1. The second kappa shape index (κ2) is 7.72. The molecule has 1 heterocycles. The standard InChI is InChI=1S/C21H25NO3S/c1-3-4-10-18-15-20(23)21(17-8-6-5-7-9-17)22(18)26(24,25)19-13-11-16(2)12-14-19/h5-9,11-14,18,21H,3-4,10,15H2,1-2H3/t18-,21+/m0/s1. The Morgan fingerprint density at radius 2 is 1.69 bits per heavy atom. The third-order valence-corrected chi connectivity index (χ3v) is 6.89. The summed E-state index contributed by atoms with van der Waals surface area (Å²) in [5.41, 5.74) is 1.75. The highest BCUT2D eigenvalue weighted by Gasteiger charge is 2.47. The van der Waals surface area contributed by atoms with Crippen LogP contribution in [-0.4, -0.2) is 24.5 Å². The van der Waals surface area contributed by atoms with Crippen molar-refractivity contribution >= 4 is 15.8 Å². The zero-order valence-corrected chi connectivity index (χ0v) is 16.1. The van der Waals surface area contributed by atoms with E-state index in [4.69, 9.17) is 0 Å². The second-order valence-corrected chi connectivity index (χ2v) is 8.77. The lowest BCUT2D eigenvalue weighted by Crippen LogP contribution is -2.38. The van der Waals surface area contributed by atoms with Gasteiger partial charge in [-0.15, -0.1) is 0 Å². The van der Waals surface area contributed by atoms with Crippen LogP contribution in [0.15, 0.2) is 59.5 Å². The predicted molar refractivity (Wildman–Crippen MR) is 102 cm³/mol. The number of unbranched alkanes of at least 4 members (excludes halogenated alkanes) is 1. The van der Waals surface area contributed by atoms with Crippen molar-refractivity contribution in [3.05, 3.63) is 65.7 Å². The summed E-state index contributed by atoms with van der Waals surface area (Å²) in [4.78, 5) is 13.0.